The summed E-state index contributed by atoms with van der Waals surface area (Å²) in [5.74, 6) is -4.67. The molecule has 0 aliphatic carbocycles. The topological polar surface area (TPSA) is 80.9 Å². The lowest BCUT2D eigenvalue weighted by atomic mass is 10.0. The van der Waals surface area contributed by atoms with E-state index in [0.717, 1.165) is 18.5 Å². The maximum atomic E-state index is 13.6. The summed E-state index contributed by atoms with van der Waals surface area (Å²) in [6.45, 7) is 0. The van der Waals surface area contributed by atoms with Crippen molar-refractivity contribution in [3.8, 4) is 0 Å². The molecule has 0 aliphatic heterocycles. The second kappa shape index (κ2) is 6.15. The van der Waals surface area contributed by atoms with Gasteiger partial charge in [0.25, 0.3) is 5.91 Å². The summed E-state index contributed by atoms with van der Waals surface area (Å²) in [5.41, 5.74) is 3.43. The summed E-state index contributed by atoms with van der Waals surface area (Å²) in [6.07, 6.45) is -2.98. The van der Waals surface area contributed by atoms with Gasteiger partial charge >= 0.3 is 6.18 Å². The Morgan fingerprint density at radius 2 is 1.70 bits per heavy atom. The third kappa shape index (κ3) is 3.52. The Kier molecular flexibility index (Phi) is 4.43. The van der Waals surface area contributed by atoms with Gasteiger partial charge in [0.2, 0.25) is 0 Å². The summed E-state index contributed by atoms with van der Waals surface area (Å²) >= 11 is 0. The van der Waals surface area contributed by atoms with Crippen LogP contribution in [-0.2, 0) is 0 Å². The van der Waals surface area contributed by atoms with E-state index in [0.29, 0.717) is 12.1 Å². The van der Waals surface area contributed by atoms with Crippen LogP contribution in [0.4, 0.5) is 27.8 Å². The van der Waals surface area contributed by atoms with E-state index in [1.807, 2.05) is 0 Å². The molecule has 0 saturated heterocycles. The Balaban J connectivity index is 2.42. The molecule has 0 spiro atoms. The molecule has 0 saturated carbocycles. The molecule has 0 aliphatic rings. The van der Waals surface area contributed by atoms with Crippen LogP contribution in [-0.4, -0.2) is 22.1 Å². The number of rotatable bonds is 3. The number of hydrogen-bond donors (Lipinski definition) is 2. The zero-order chi connectivity index (χ0) is 17.2. The molecule has 3 N–H and O–H groups in total. The first-order chi connectivity index (χ1) is 10.7. The maximum Gasteiger partial charge on any atom is 0.413 e. The van der Waals surface area contributed by atoms with Crippen molar-refractivity contribution in [3.63, 3.8) is 0 Å². The monoisotopic (exact) mass is 332 g/mol. The molecule has 1 amide bonds. The minimum Gasteiger partial charge on any atom is -0.382 e. The first kappa shape index (κ1) is 16.6. The van der Waals surface area contributed by atoms with Gasteiger partial charge in [0.1, 0.15) is 11.6 Å². The van der Waals surface area contributed by atoms with Crippen LogP contribution in [0.15, 0.2) is 30.6 Å². The molecule has 122 valence electrons. The number of alkyl halides is 3. The highest BCUT2D eigenvalue weighted by atomic mass is 19.4. The zero-order valence-corrected chi connectivity index (χ0v) is 11.2. The predicted molar refractivity (Wildman–Crippen MR) is 69.1 cm³/mol. The van der Waals surface area contributed by atoms with E-state index in [2.05, 4.69) is 9.97 Å². The van der Waals surface area contributed by atoms with Crippen LogP contribution in [0.1, 0.15) is 22.1 Å². The predicted octanol–water partition coefficient (Wildman–Crippen LogP) is 2.37. The first-order valence-electron chi connectivity index (χ1n) is 6.09. The third-order valence-corrected chi connectivity index (χ3v) is 2.83. The van der Waals surface area contributed by atoms with Crippen LogP contribution in [0.5, 0.6) is 0 Å². The lowest BCUT2D eigenvalue weighted by Crippen LogP contribution is -2.39. The van der Waals surface area contributed by atoms with Crippen LogP contribution in [0.25, 0.3) is 0 Å². The standard InChI is InChI=1S/C13H9F5N4O/c14-6-2-1-3-7(15)8(6)10(13(16,17)18)22-12(23)9-11(19)21-5-4-20-9/h1-5,10H,(H2,19,21)(H,22,23)/t10-/m0/s1. The highest BCUT2D eigenvalue weighted by Crippen LogP contribution is 2.35. The van der Waals surface area contributed by atoms with Gasteiger partial charge in [-0.05, 0) is 12.1 Å². The lowest BCUT2D eigenvalue weighted by molar-refractivity contribution is -0.156. The molecule has 0 bridgehead atoms. The van der Waals surface area contributed by atoms with Gasteiger partial charge < -0.3 is 11.1 Å². The summed E-state index contributed by atoms with van der Waals surface area (Å²) in [6, 6.07) is -0.693. The van der Waals surface area contributed by atoms with E-state index < -0.39 is 46.8 Å². The molecule has 1 heterocycles. The number of anilines is 1. The Morgan fingerprint density at radius 3 is 2.22 bits per heavy atom. The van der Waals surface area contributed by atoms with Gasteiger partial charge in [-0.1, -0.05) is 6.07 Å². The van der Waals surface area contributed by atoms with Crippen LogP contribution in [0, 0.1) is 11.6 Å². The number of nitrogens with zero attached hydrogens (tertiary/aromatic N) is 2. The van der Waals surface area contributed by atoms with Crippen molar-refractivity contribution in [2.24, 2.45) is 0 Å². The first-order valence-corrected chi connectivity index (χ1v) is 6.09. The summed E-state index contributed by atoms with van der Waals surface area (Å²) in [5, 5.41) is 1.49. The SMILES string of the molecule is Nc1nccnc1C(=O)N[C@@H](c1c(F)cccc1F)C(F)(F)F. The van der Waals surface area contributed by atoms with E-state index in [1.165, 1.54) is 5.32 Å². The Morgan fingerprint density at radius 1 is 1.13 bits per heavy atom. The van der Waals surface area contributed by atoms with Crippen LogP contribution < -0.4 is 11.1 Å². The molecule has 1 aromatic carbocycles. The van der Waals surface area contributed by atoms with Gasteiger partial charge in [-0.25, -0.2) is 18.7 Å². The molecule has 1 aromatic heterocycles. The average Bonchev–Trinajstić information content (AvgIpc) is 2.45. The number of benzene rings is 1. The Bertz CT molecular complexity index is 714. The van der Waals surface area contributed by atoms with Gasteiger partial charge in [-0.15, -0.1) is 0 Å². The number of carbonyl (C=O) groups is 1. The number of hydrogen-bond acceptors (Lipinski definition) is 4. The van der Waals surface area contributed by atoms with Crippen molar-refractivity contribution < 1.29 is 26.7 Å². The number of amides is 1. The molecule has 0 fully saturated rings. The molecular formula is C13H9F5N4O. The highest BCUT2D eigenvalue weighted by Gasteiger charge is 2.45. The molecular weight excluding hydrogens is 323 g/mol. The minimum absolute atomic E-state index is 0.417. The van der Waals surface area contributed by atoms with Gasteiger partial charge in [-0.2, -0.15) is 13.2 Å². The molecule has 2 rings (SSSR count). The highest BCUT2D eigenvalue weighted by molar-refractivity contribution is 5.96. The number of nitrogens with two attached hydrogens (primary N) is 1. The van der Waals surface area contributed by atoms with Crippen molar-refractivity contribution in [1.29, 1.82) is 0 Å². The second-order valence-electron chi connectivity index (χ2n) is 4.37. The number of carbonyl (C=O) groups excluding carboxylic acids is 1. The van der Waals surface area contributed by atoms with E-state index in [-0.39, 0.29) is 0 Å². The van der Waals surface area contributed by atoms with E-state index in [4.69, 9.17) is 5.73 Å². The van der Waals surface area contributed by atoms with Gasteiger partial charge in [-0.3, -0.25) is 4.79 Å². The van der Waals surface area contributed by atoms with Gasteiger partial charge in [0.15, 0.2) is 17.6 Å². The fourth-order valence-electron chi connectivity index (χ4n) is 1.83. The summed E-state index contributed by atoms with van der Waals surface area (Å²) in [4.78, 5) is 18.9. The van der Waals surface area contributed by atoms with Gasteiger partial charge in [0, 0.05) is 12.4 Å². The van der Waals surface area contributed by atoms with Crippen molar-refractivity contribution in [2.75, 3.05) is 5.73 Å². The van der Waals surface area contributed by atoms with Crippen molar-refractivity contribution in [3.05, 3.63) is 53.5 Å². The third-order valence-electron chi connectivity index (χ3n) is 2.83. The molecule has 0 unspecified atom stereocenters. The Hall–Kier alpha value is -2.78. The van der Waals surface area contributed by atoms with Crippen molar-refractivity contribution >= 4 is 11.7 Å². The fraction of sp³-hybridized carbons (Fsp3) is 0.154. The Labute approximate surface area is 126 Å². The van der Waals surface area contributed by atoms with Crippen LogP contribution in [0.2, 0.25) is 0 Å². The number of aromatic nitrogens is 2. The number of nitrogen functional groups attached to an aromatic ring is 1. The van der Waals surface area contributed by atoms with E-state index in [1.54, 1.807) is 0 Å². The number of nitrogens with one attached hydrogen (secondary N) is 1. The molecule has 23 heavy (non-hydrogen) atoms. The van der Waals surface area contributed by atoms with Crippen molar-refractivity contribution in [2.45, 2.75) is 12.2 Å². The molecule has 5 nitrogen and oxygen atoms in total. The normalized spacial score (nSPS) is 12.7. The lowest BCUT2D eigenvalue weighted by Gasteiger charge is -2.22. The molecule has 1 atom stereocenters. The second-order valence-corrected chi connectivity index (χ2v) is 4.37. The fourth-order valence-corrected chi connectivity index (χ4v) is 1.83. The van der Waals surface area contributed by atoms with Crippen LogP contribution in [0.3, 0.4) is 0 Å². The maximum absolute atomic E-state index is 13.6. The summed E-state index contributed by atoms with van der Waals surface area (Å²) in [7, 11) is 0. The smallest absolute Gasteiger partial charge is 0.382 e. The molecule has 2 aromatic rings. The van der Waals surface area contributed by atoms with Crippen molar-refractivity contribution in [1.82, 2.24) is 15.3 Å². The average molecular weight is 332 g/mol. The zero-order valence-electron chi connectivity index (χ0n) is 11.2. The van der Waals surface area contributed by atoms with Crippen LogP contribution >= 0.6 is 0 Å². The quantitative estimate of drug-likeness (QED) is 0.846. The largest absolute Gasteiger partial charge is 0.413 e. The van der Waals surface area contributed by atoms with E-state index in [9.17, 15) is 26.7 Å². The summed E-state index contributed by atoms with van der Waals surface area (Å²) < 4.78 is 66.6. The number of halogens is 5. The molecule has 0 radical (unpaired) electrons. The minimum atomic E-state index is -5.14. The van der Waals surface area contributed by atoms with Gasteiger partial charge in [0.05, 0.1) is 5.56 Å². The molecule has 10 heteroatoms. The van der Waals surface area contributed by atoms with E-state index >= 15 is 0 Å².